The zero-order chi connectivity index (χ0) is 13.9. The molecular weight excluding hydrogens is 226 g/mol. The molecule has 4 heteroatoms. The van der Waals surface area contributed by atoms with Crippen LogP contribution >= 0.6 is 0 Å². The van der Waals surface area contributed by atoms with Gasteiger partial charge in [0.25, 0.3) is 0 Å². The van der Waals surface area contributed by atoms with E-state index in [1.807, 2.05) is 16.8 Å². The number of piperazine rings is 1. The van der Waals surface area contributed by atoms with Crippen molar-refractivity contribution in [3.63, 3.8) is 0 Å². The van der Waals surface area contributed by atoms with Gasteiger partial charge in [0.1, 0.15) is 6.04 Å². The van der Waals surface area contributed by atoms with Crippen LogP contribution in [0.2, 0.25) is 0 Å². The van der Waals surface area contributed by atoms with E-state index >= 15 is 0 Å². The summed E-state index contributed by atoms with van der Waals surface area (Å²) in [5, 5.41) is 8.84. The van der Waals surface area contributed by atoms with Gasteiger partial charge in [0.15, 0.2) is 0 Å². The predicted molar refractivity (Wildman–Crippen MR) is 71.9 cm³/mol. The average Bonchev–Trinajstić information content (AvgIpc) is 2.22. The highest BCUT2D eigenvalue weighted by molar-refractivity contribution is 5.83. The van der Waals surface area contributed by atoms with Gasteiger partial charge in [-0.1, -0.05) is 13.8 Å². The fourth-order valence-corrected chi connectivity index (χ4v) is 2.60. The van der Waals surface area contributed by atoms with Gasteiger partial charge in [-0.05, 0) is 33.2 Å². The molecule has 1 heterocycles. The summed E-state index contributed by atoms with van der Waals surface area (Å²) in [7, 11) is 1.93. The Morgan fingerprint density at radius 1 is 1.50 bits per heavy atom. The van der Waals surface area contributed by atoms with Crippen LogP contribution in [0.5, 0.6) is 0 Å². The second-order valence-corrected chi connectivity index (χ2v) is 6.28. The molecular formula is C14H25N3O. The van der Waals surface area contributed by atoms with Crippen molar-refractivity contribution in [1.82, 2.24) is 9.80 Å². The van der Waals surface area contributed by atoms with Crippen molar-refractivity contribution >= 4 is 5.91 Å². The molecule has 0 aromatic carbocycles. The van der Waals surface area contributed by atoms with E-state index in [2.05, 4.69) is 33.8 Å². The fourth-order valence-electron chi connectivity index (χ4n) is 2.60. The lowest BCUT2D eigenvalue weighted by atomic mass is 9.93. The lowest BCUT2D eigenvalue weighted by Crippen LogP contribution is -2.65. The zero-order valence-corrected chi connectivity index (χ0v) is 12.2. The number of rotatable bonds is 4. The Bertz CT molecular complexity index is 343. The summed E-state index contributed by atoms with van der Waals surface area (Å²) >= 11 is 0. The van der Waals surface area contributed by atoms with E-state index in [9.17, 15) is 4.79 Å². The molecule has 1 unspecified atom stereocenters. The van der Waals surface area contributed by atoms with Crippen molar-refractivity contribution in [2.75, 3.05) is 20.1 Å². The Labute approximate surface area is 111 Å². The topological polar surface area (TPSA) is 47.3 Å². The largest absolute Gasteiger partial charge is 0.335 e. The van der Waals surface area contributed by atoms with E-state index in [0.29, 0.717) is 5.92 Å². The Morgan fingerprint density at radius 3 is 2.61 bits per heavy atom. The molecule has 1 atom stereocenters. The minimum absolute atomic E-state index is 0.107. The first-order valence-corrected chi connectivity index (χ1v) is 6.68. The molecule has 4 nitrogen and oxygen atoms in total. The summed E-state index contributed by atoms with van der Waals surface area (Å²) in [5.41, 5.74) is -0.146. The summed E-state index contributed by atoms with van der Waals surface area (Å²) in [6.07, 6.45) is 1.29. The molecule has 1 amide bonds. The average molecular weight is 251 g/mol. The number of nitrogens with zero attached hydrogens (tertiary/aromatic N) is 3. The smallest absolute Gasteiger partial charge is 0.241 e. The fraction of sp³-hybridized carbons (Fsp3) is 0.857. The highest BCUT2D eigenvalue weighted by Crippen LogP contribution is 2.26. The van der Waals surface area contributed by atoms with Gasteiger partial charge in [-0.15, -0.1) is 0 Å². The van der Waals surface area contributed by atoms with Crippen molar-refractivity contribution < 1.29 is 4.79 Å². The Balaban J connectivity index is 2.84. The second-order valence-electron chi connectivity index (χ2n) is 6.28. The number of hydrogen-bond acceptors (Lipinski definition) is 3. The maximum Gasteiger partial charge on any atom is 0.241 e. The number of carbonyl (C=O) groups excluding carboxylic acids is 1. The second kappa shape index (κ2) is 5.71. The summed E-state index contributed by atoms with van der Waals surface area (Å²) in [5.74, 6) is 0.693. The van der Waals surface area contributed by atoms with E-state index in [4.69, 9.17) is 5.26 Å². The van der Waals surface area contributed by atoms with Crippen LogP contribution in [0.1, 0.15) is 40.5 Å². The van der Waals surface area contributed by atoms with Gasteiger partial charge in [0.2, 0.25) is 5.91 Å². The first-order valence-electron chi connectivity index (χ1n) is 6.68. The summed E-state index contributed by atoms with van der Waals surface area (Å²) in [6, 6.07) is 1.85. The van der Waals surface area contributed by atoms with Crippen molar-refractivity contribution in [3.05, 3.63) is 0 Å². The van der Waals surface area contributed by atoms with Crippen LogP contribution in [0.4, 0.5) is 0 Å². The number of carbonyl (C=O) groups is 1. The van der Waals surface area contributed by atoms with Gasteiger partial charge in [-0.3, -0.25) is 9.69 Å². The molecule has 18 heavy (non-hydrogen) atoms. The van der Waals surface area contributed by atoms with E-state index in [-0.39, 0.29) is 23.9 Å². The summed E-state index contributed by atoms with van der Waals surface area (Å²) < 4.78 is 0. The molecule has 0 aliphatic carbocycles. The molecule has 1 aliphatic rings. The third-order valence-corrected chi connectivity index (χ3v) is 3.66. The van der Waals surface area contributed by atoms with Crippen LogP contribution in [-0.2, 0) is 4.79 Å². The molecule has 0 aromatic rings. The lowest BCUT2D eigenvalue weighted by Gasteiger charge is -2.49. The minimum Gasteiger partial charge on any atom is -0.335 e. The number of nitriles is 1. The van der Waals surface area contributed by atoms with Gasteiger partial charge < -0.3 is 4.90 Å². The van der Waals surface area contributed by atoms with Crippen LogP contribution < -0.4 is 0 Å². The molecule has 1 saturated heterocycles. The third kappa shape index (κ3) is 3.23. The highest BCUT2D eigenvalue weighted by atomic mass is 16.2. The molecule has 0 radical (unpaired) electrons. The van der Waals surface area contributed by atoms with Crippen LogP contribution in [0.25, 0.3) is 0 Å². The number of hydrogen-bond donors (Lipinski definition) is 0. The molecule has 0 aromatic heterocycles. The Kier molecular flexibility index (Phi) is 4.75. The highest BCUT2D eigenvalue weighted by Gasteiger charge is 2.42. The van der Waals surface area contributed by atoms with Gasteiger partial charge in [0.05, 0.1) is 12.5 Å². The number of amides is 1. The van der Waals surface area contributed by atoms with Crippen LogP contribution in [0.15, 0.2) is 0 Å². The maximum atomic E-state index is 12.5. The lowest BCUT2D eigenvalue weighted by molar-refractivity contribution is -0.150. The van der Waals surface area contributed by atoms with Crippen molar-refractivity contribution in [1.29, 1.82) is 5.26 Å². The van der Waals surface area contributed by atoms with Crippen molar-refractivity contribution in [2.24, 2.45) is 5.92 Å². The molecule has 0 saturated carbocycles. The van der Waals surface area contributed by atoms with Crippen LogP contribution in [0.3, 0.4) is 0 Å². The van der Waals surface area contributed by atoms with E-state index in [1.54, 1.807) is 0 Å². The normalized spacial score (nSPS) is 24.4. The summed E-state index contributed by atoms with van der Waals surface area (Å²) in [6.45, 7) is 10.2. The van der Waals surface area contributed by atoms with Crippen molar-refractivity contribution in [3.8, 4) is 6.07 Å². The zero-order valence-electron chi connectivity index (χ0n) is 12.2. The van der Waals surface area contributed by atoms with Crippen LogP contribution in [0, 0.1) is 17.2 Å². The van der Waals surface area contributed by atoms with Crippen LogP contribution in [-0.4, -0.2) is 47.4 Å². The molecule has 1 fully saturated rings. The minimum atomic E-state index is -0.268. The molecule has 0 N–H and O–H groups in total. The monoisotopic (exact) mass is 251 g/mol. The molecule has 102 valence electrons. The Hall–Kier alpha value is -1.08. The van der Waals surface area contributed by atoms with Crippen molar-refractivity contribution in [2.45, 2.75) is 52.1 Å². The standard InChI is InChI=1S/C14H25N3O/c1-11(2)7-9-17-13(18)12(6-8-15)16(5)10-14(17,3)4/h11-12H,6-7,9-10H2,1-5H3. The van der Waals surface area contributed by atoms with Gasteiger partial charge in [-0.2, -0.15) is 5.26 Å². The molecule has 0 bridgehead atoms. The SMILES string of the molecule is CC(C)CCN1C(=O)C(CC#N)N(C)CC1(C)C. The van der Waals surface area contributed by atoms with Gasteiger partial charge >= 0.3 is 0 Å². The quantitative estimate of drug-likeness (QED) is 0.766. The first-order chi connectivity index (χ1) is 8.29. The van der Waals surface area contributed by atoms with E-state index in [1.165, 1.54) is 0 Å². The first kappa shape index (κ1) is 15.0. The predicted octanol–water partition coefficient (Wildman–Crippen LogP) is 1.87. The van der Waals surface area contributed by atoms with Gasteiger partial charge in [-0.25, -0.2) is 0 Å². The Morgan fingerprint density at radius 2 is 2.11 bits per heavy atom. The van der Waals surface area contributed by atoms with Gasteiger partial charge in [0, 0.05) is 18.6 Å². The maximum absolute atomic E-state index is 12.5. The van der Waals surface area contributed by atoms with E-state index < -0.39 is 0 Å². The molecule has 0 spiro atoms. The third-order valence-electron chi connectivity index (χ3n) is 3.66. The summed E-state index contributed by atoms with van der Waals surface area (Å²) in [4.78, 5) is 16.5. The molecule has 1 rings (SSSR count). The van der Waals surface area contributed by atoms with E-state index in [0.717, 1.165) is 19.5 Å². The number of likely N-dealkylation sites (N-methyl/N-ethyl adjacent to an activating group) is 1. The molecule has 1 aliphatic heterocycles.